The maximum absolute atomic E-state index is 12.6. The van der Waals surface area contributed by atoms with Crippen LogP contribution in [0.2, 0.25) is 0 Å². The fourth-order valence-electron chi connectivity index (χ4n) is 3.76. The fraction of sp³-hybridized carbons (Fsp3) is 0.476. The number of ether oxygens (including phenoxy) is 1. The maximum Gasteiger partial charge on any atom is 0.410 e. The Hall–Kier alpha value is -2.13. The molecular formula is C21H26BrN5O2S. The Labute approximate surface area is 188 Å². The Morgan fingerprint density at radius 1 is 1.40 bits per heavy atom. The number of carbonyl (C=O) groups is 1. The van der Waals surface area contributed by atoms with Crippen molar-refractivity contribution in [3.63, 3.8) is 0 Å². The highest BCUT2D eigenvalue weighted by atomic mass is 79.9. The first-order chi connectivity index (χ1) is 14.1. The largest absolute Gasteiger partial charge is 0.444 e. The molecule has 4 heterocycles. The molecule has 7 nitrogen and oxygen atoms in total. The lowest BCUT2D eigenvalue weighted by atomic mass is 9.94. The van der Waals surface area contributed by atoms with Crippen LogP contribution in [0.3, 0.4) is 0 Å². The molecule has 4 rings (SSSR count). The van der Waals surface area contributed by atoms with Gasteiger partial charge in [0.2, 0.25) is 0 Å². The van der Waals surface area contributed by atoms with E-state index < -0.39 is 5.60 Å². The summed E-state index contributed by atoms with van der Waals surface area (Å²) in [5, 5.41) is 6.56. The lowest BCUT2D eigenvalue weighted by molar-refractivity contribution is 0.0197. The summed E-state index contributed by atoms with van der Waals surface area (Å²) in [7, 11) is 0. The molecule has 1 aliphatic rings. The van der Waals surface area contributed by atoms with Crippen LogP contribution in [0.1, 0.15) is 50.1 Å². The van der Waals surface area contributed by atoms with Gasteiger partial charge >= 0.3 is 6.09 Å². The molecule has 1 atom stereocenters. The number of nitrogen functional groups attached to an aromatic ring is 1. The normalized spacial score (nSPS) is 17.5. The maximum atomic E-state index is 12.6. The number of fused-ring (bicyclic) bond motifs is 1. The van der Waals surface area contributed by atoms with E-state index in [2.05, 4.69) is 39.4 Å². The van der Waals surface area contributed by atoms with Gasteiger partial charge < -0.3 is 15.4 Å². The van der Waals surface area contributed by atoms with Gasteiger partial charge in [-0.2, -0.15) is 9.61 Å². The molecule has 1 amide bonds. The van der Waals surface area contributed by atoms with Gasteiger partial charge in [-0.15, -0.1) is 11.3 Å². The average Bonchev–Trinajstić information content (AvgIpc) is 3.29. The molecule has 3 aromatic heterocycles. The number of thiophene rings is 1. The molecule has 0 saturated carbocycles. The van der Waals surface area contributed by atoms with Gasteiger partial charge in [0.25, 0.3) is 0 Å². The number of halogens is 1. The van der Waals surface area contributed by atoms with E-state index in [0.29, 0.717) is 18.9 Å². The molecular weight excluding hydrogens is 466 g/mol. The van der Waals surface area contributed by atoms with Crippen molar-refractivity contribution in [2.24, 2.45) is 0 Å². The summed E-state index contributed by atoms with van der Waals surface area (Å²) in [5.41, 5.74) is 9.54. The number of hydrogen-bond acceptors (Lipinski definition) is 6. The van der Waals surface area contributed by atoms with Gasteiger partial charge in [0, 0.05) is 29.4 Å². The highest BCUT2D eigenvalue weighted by Gasteiger charge is 2.31. The number of anilines is 1. The van der Waals surface area contributed by atoms with E-state index in [9.17, 15) is 4.79 Å². The zero-order valence-electron chi connectivity index (χ0n) is 17.6. The lowest BCUT2D eigenvalue weighted by Crippen LogP contribution is -2.42. The molecule has 30 heavy (non-hydrogen) atoms. The first kappa shape index (κ1) is 21.1. The third-order valence-electron chi connectivity index (χ3n) is 5.15. The Morgan fingerprint density at radius 3 is 2.83 bits per heavy atom. The number of nitrogens with zero attached hydrogens (tertiary/aromatic N) is 4. The summed E-state index contributed by atoms with van der Waals surface area (Å²) in [6.45, 7) is 8.96. The predicted molar refractivity (Wildman–Crippen MR) is 123 cm³/mol. The summed E-state index contributed by atoms with van der Waals surface area (Å²) in [6.07, 6.45) is 3.35. The number of carbonyl (C=O) groups excluding carboxylic acids is 1. The van der Waals surface area contributed by atoms with Crippen LogP contribution in [0.15, 0.2) is 22.1 Å². The van der Waals surface area contributed by atoms with Gasteiger partial charge in [-0.25, -0.2) is 9.78 Å². The van der Waals surface area contributed by atoms with Gasteiger partial charge in [-0.1, -0.05) is 0 Å². The predicted octanol–water partition coefficient (Wildman–Crippen LogP) is 5.23. The smallest absolute Gasteiger partial charge is 0.410 e. The number of aromatic nitrogens is 3. The topological polar surface area (TPSA) is 85.8 Å². The zero-order chi connectivity index (χ0) is 21.6. The van der Waals surface area contributed by atoms with Crippen LogP contribution in [0, 0.1) is 6.92 Å². The molecule has 1 fully saturated rings. The second-order valence-electron chi connectivity index (χ2n) is 8.70. The number of amides is 1. The first-order valence-electron chi connectivity index (χ1n) is 10.00. The quantitative estimate of drug-likeness (QED) is 0.530. The molecule has 0 radical (unpaired) electrons. The van der Waals surface area contributed by atoms with Gasteiger partial charge in [0.15, 0.2) is 5.65 Å². The van der Waals surface area contributed by atoms with Gasteiger partial charge in [0.1, 0.15) is 11.4 Å². The Balaban J connectivity index is 1.69. The van der Waals surface area contributed by atoms with Gasteiger partial charge in [-0.3, -0.25) is 0 Å². The second-order valence-corrected chi connectivity index (χ2v) is 10.6. The molecule has 9 heteroatoms. The van der Waals surface area contributed by atoms with Crippen LogP contribution >= 0.6 is 27.3 Å². The van der Waals surface area contributed by atoms with Gasteiger partial charge in [-0.05, 0) is 73.5 Å². The van der Waals surface area contributed by atoms with Gasteiger partial charge in [0.05, 0.1) is 16.4 Å². The highest BCUT2D eigenvalue weighted by molar-refractivity contribution is 9.10. The van der Waals surface area contributed by atoms with Crippen molar-refractivity contribution < 1.29 is 9.53 Å². The standard InChI is InChI=1S/C21H26BrN5O2S/c1-12-8-14(11-30-12)15-9-24-27-18(23)16(22)17(25-19(15)27)13-6-5-7-26(10-13)20(28)29-21(2,3)4/h8-9,11,13H,5-7,10,23H2,1-4H3. The van der Waals surface area contributed by atoms with Crippen LogP contribution in [-0.2, 0) is 4.74 Å². The zero-order valence-corrected chi connectivity index (χ0v) is 20.0. The molecule has 2 N–H and O–H groups in total. The van der Waals surface area contributed by atoms with Crippen LogP contribution in [0.5, 0.6) is 0 Å². The molecule has 0 spiro atoms. The van der Waals surface area contributed by atoms with E-state index in [4.69, 9.17) is 15.5 Å². The Bertz CT molecular complexity index is 1100. The van der Waals surface area contributed by atoms with Crippen LogP contribution in [-0.4, -0.2) is 44.3 Å². The summed E-state index contributed by atoms with van der Waals surface area (Å²) >= 11 is 5.33. The molecule has 0 aliphatic carbocycles. The summed E-state index contributed by atoms with van der Waals surface area (Å²) in [4.78, 5) is 20.6. The summed E-state index contributed by atoms with van der Waals surface area (Å²) in [6, 6.07) is 2.13. The van der Waals surface area contributed by atoms with Crippen molar-refractivity contribution in [2.75, 3.05) is 18.8 Å². The van der Waals surface area contributed by atoms with Crippen molar-refractivity contribution in [2.45, 2.75) is 52.1 Å². The van der Waals surface area contributed by atoms with E-state index in [-0.39, 0.29) is 12.0 Å². The highest BCUT2D eigenvalue weighted by Crippen LogP contribution is 2.37. The van der Waals surface area contributed by atoms with Crippen molar-refractivity contribution >= 4 is 44.8 Å². The number of hydrogen-bond donors (Lipinski definition) is 1. The second kappa shape index (κ2) is 7.85. The molecule has 0 bridgehead atoms. The monoisotopic (exact) mass is 491 g/mol. The first-order valence-corrected chi connectivity index (χ1v) is 11.7. The van der Waals surface area contributed by atoms with Crippen molar-refractivity contribution in [3.05, 3.63) is 32.7 Å². The SMILES string of the molecule is Cc1cc(-c2cnn3c(N)c(Br)c(C4CCCN(C(=O)OC(C)(C)C)C4)nc23)cs1. The van der Waals surface area contributed by atoms with E-state index in [1.54, 1.807) is 20.8 Å². The Morgan fingerprint density at radius 2 is 2.17 bits per heavy atom. The summed E-state index contributed by atoms with van der Waals surface area (Å²) in [5.74, 6) is 0.586. The average molecular weight is 492 g/mol. The number of piperidine rings is 1. The molecule has 160 valence electrons. The van der Waals surface area contributed by atoms with Crippen LogP contribution in [0.25, 0.3) is 16.8 Å². The molecule has 3 aromatic rings. The number of nitrogens with two attached hydrogens (primary N) is 1. The van der Waals surface area contributed by atoms with E-state index >= 15 is 0 Å². The van der Waals surface area contributed by atoms with Crippen LogP contribution in [0.4, 0.5) is 10.6 Å². The Kier molecular flexibility index (Phi) is 5.52. The van der Waals surface area contributed by atoms with Crippen LogP contribution < -0.4 is 5.73 Å². The third kappa shape index (κ3) is 4.05. The number of likely N-dealkylation sites (tertiary alicyclic amines) is 1. The number of rotatable bonds is 2. The minimum absolute atomic E-state index is 0.0694. The number of aryl methyl sites for hydroxylation is 1. The molecule has 1 unspecified atom stereocenters. The minimum Gasteiger partial charge on any atom is -0.444 e. The molecule has 1 saturated heterocycles. The van der Waals surface area contributed by atoms with E-state index in [1.807, 2.05) is 27.0 Å². The molecule has 0 aromatic carbocycles. The van der Waals surface area contributed by atoms with Crippen molar-refractivity contribution in [1.82, 2.24) is 19.5 Å². The van der Waals surface area contributed by atoms with Crippen molar-refractivity contribution in [3.8, 4) is 11.1 Å². The minimum atomic E-state index is -0.517. The lowest BCUT2D eigenvalue weighted by Gasteiger charge is -2.34. The fourth-order valence-corrected chi connectivity index (χ4v) is 5.05. The van der Waals surface area contributed by atoms with Crippen molar-refractivity contribution in [1.29, 1.82) is 0 Å². The van der Waals surface area contributed by atoms with E-state index in [0.717, 1.165) is 39.8 Å². The third-order valence-corrected chi connectivity index (χ3v) is 6.82. The van der Waals surface area contributed by atoms with E-state index in [1.165, 1.54) is 4.88 Å². The molecule has 1 aliphatic heterocycles. The summed E-state index contributed by atoms with van der Waals surface area (Å²) < 4.78 is 7.98.